The number of rotatable bonds is 6. The lowest BCUT2D eigenvalue weighted by molar-refractivity contribution is 0.221. The van der Waals surface area contributed by atoms with Gasteiger partial charge < -0.3 is 60.9 Å². The van der Waals surface area contributed by atoms with Crippen molar-refractivity contribution in [3.63, 3.8) is 0 Å². The molecule has 0 bridgehead atoms. The first-order chi connectivity index (χ1) is 32.7. The lowest BCUT2D eigenvalue weighted by atomic mass is 9.72. The van der Waals surface area contributed by atoms with E-state index in [9.17, 15) is 56.2 Å². The molecule has 338 valence electrons. The number of fused-ring (bicyclic) bond motifs is 3. The second-order valence-corrected chi connectivity index (χ2v) is 17.7. The lowest BCUT2D eigenvalue weighted by Gasteiger charge is -2.31. The number of hydrogen-bond acceptors (Lipinski definition) is 12. The Labute approximate surface area is 388 Å². The van der Waals surface area contributed by atoms with Gasteiger partial charge in [0.1, 0.15) is 75.1 Å². The highest BCUT2D eigenvalue weighted by Gasteiger charge is 2.49. The Balaban J connectivity index is 1.18. The van der Waals surface area contributed by atoms with E-state index in [1.807, 2.05) is 6.08 Å². The first-order valence-corrected chi connectivity index (χ1v) is 21.8. The summed E-state index contributed by atoms with van der Waals surface area (Å²) in [7, 11) is 0. The zero-order valence-corrected chi connectivity index (χ0v) is 35.7. The zero-order valence-electron chi connectivity index (χ0n) is 35.7. The number of phenolic OH excluding ortho intramolecular Hbond substituents is 11. The van der Waals surface area contributed by atoms with Gasteiger partial charge in [-0.25, -0.2) is 0 Å². The number of benzene rings is 8. The summed E-state index contributed by atoms with van der Waals surface area (Å²) in [5, 5.41) is 122. The van der Waals surface area contributed by atoms with Gasteiger partial charge in [0.25, 0.3) is 0 Å². The summed E-state index contributed by atoms with van der Waals surface area (Å²) in [5.74, 6) is -5.11. The van der Waals surface area contributed by atoms with Crippen LogP contribution in [-0.2, 0) is 0 Å². The minimum atomic E-state index is -0.917. The maximum absolute atomic E-state index is 12.2. The van der Waals surface area contributed by atoms with Gasteiger partial charge in [-0.2, -0.15) is 0 Å². The zero-order chi connectivity index (χ0) is 47.3. The summed E-state index contributed by atoms with van der Waals surface area (Å²) in [6.07, 6.45) is 1.08. The highest BCUT2D eigenvalue weighted by Crippen LogP contribution is 2.64. The predicted molar refractivity (Wildman–Crippen MR) is 251 cm³/mol. The van der Waals surface area contributed by atoms with Gasteiger partial charge in [-0.05, 0) is 129 Å². The van der Waals surface area contributed by atoms with Crippen LogP contribution in [0.15, 0.2) is 146 Å². The Morgan fingerprint density at radius 1 is 0.324 bits per heavy atom. The Kier molecular flexibility index (Phi) is 9.60. The average Bonchev–Trinajstić information content (AvgIpc) is 3.79. The van der Waals surface area contributed by atoms with E-state index in [4.69, 9.17) is 4.74 Å². The molecule has 0 amide bonds. The molecule has 11 rings (SSSR count). The van der Waals surface area contributed by atoms with Gasteiger partial charge in [0.15, 0.2) is 0 Å². The predicted octanol–water partition coefficient (Wildman–Crippen LogP) is 10.5. The van der Waals surface area contributed by atoms with Crippen LogP contribution in [0.3, 0.4) is 0 Å². The molecule has 0 saturated carbocycles. The van der Waals surface area contributed by atoms with Crippen LogP contribution in [0.4, 0.5) is 0 Å². The first kappa shape index (κ1) is 41.8. The molecule has 12 heteroatoms. The normalized spacial score (nSPS) is 20.6. The highest BCUT2D eigenvalue weighted by molar-refractivity contribution is 5.93. The number of phenols is 11. The van der Waals surface area contributed by atoms with Crippen molar-refractivity contribution in [1.82, 2.24) is 0 Å². The fraction of sp³-hybridized carbons (Fsp3) is 0.107. The van der Waals surface area contributed by atoms with Crippen LogP contribution in [-0.4, -0.2) is 56.2 Å². The van der Waals surface area contributed by atoms with Crippen molar-refractivity contribution in [1.29, 1.82) is 0 Å². The van der Waals surface area contributed by atoms with E-state index in [0.717, 1.165) is 0 Å². The van der Waals surface area contributed by atoms with E-state index in [2.05, 4.69) is 0 Å². The molecule has 1 heterocycles. The van der Waals surface area contributed by atoms with Gasteiger partial charge in [0, 0.05) is 70.2 Å². The maximum Gasteiger partial charge on any atom is 0.135 e. The Morgan fingerprint density at radius 3 is 1.44 bits per heavy atom. The topological polar surface area (TPSA) is 232 Å². The molecule has 0 unspecified atom stereocenters. The molecule has 8 aromatic rings. The van der Waals surface area contributed by atoms with Crippen LogP contribution in [0.5, 0.6) is 69.0 Å². The number of hydrogen-bond donors (Lipinski definition) is 11. The molecule has 68 heavy (non-hydrogen) atoms. The summed E-state index contributed by atoms with van der Waals surface area (Å²) >= 11 is 0. The third-order valence-electron chi connectivity index (χ3n) is 13.7. The smallest absolute Gasteiger partial charge is 0.135 e. The maximum atomic E-state index is 12.2. The van der Waals surface area contributed by atoms with Gasteiger partial charge >= 0.3 is 0 Å². The van der Waals surface area contributed by atoms with E-state index >= 15 is 0 Å². The SMILES string of the molecule is Oc1ccc([C@H]2c3c(O)cc(O)cc3[C@@H]3c4c(cc(O)cc4[C@@H]2c2cc(/C=C4\c5cc(O)cc(O)c5[C@H](c5cc(O)cc(O)c5)[C@H]4c4ccc(O)cc4)ccc2O)O[C@@H]3c2ccc(O)cc2)cc1. The van der Waals surface area contributed by atoms with Crippen molar-refractivity contribution in [3.05, 3.63) is 212 Å². The van der Waals surface area contributed by atoms with E-state index in [1.165, 1.54) is 84.9 Å². The monoisotopic (exact) mass is 906 g/mol. The molecule has 3 aliphatic rings. The van der Waals surface area contributed by atoms with E-state index < -0.39 is 35.7 Å². The van der Waals surface area contributed by atoms with Crippen LogP contribution >= 0.6 is 0 Å². The molecule has 0 spiro atoms. The summed E-state index contributed by atoms with van der Waals surface area (Å²) < 4.78 is 6.69. The van der Waals surface area contributed by atoms with Crippen LogP contribution in [0.2, 0.25) is 0 Å². The molecule has 1 aliphatic heterocycles. The second kappa shape index (κ2) is 15.6. The quantitative estimate of drug-likeness (QED) is 0.0748. The highest BCUT2D eigenvalue weighted by atomic mass is 16.5. The molecular formula is C56H42O12. The summed E-state index contributed by atoms with van der Waals surface area (Å²) in [4.78, 5) is 0. The third kappa shape index (κ3) is 6.84. The number of allylic oxidation sites excluding steroid dienone is 1. The van der Waals surface area contributed by atoms with Crippen LogP contribution in [0.1, 0.15) is 102 Å². The van der Waals surface area contributed by atoms with Gasteiger partial charge in [0.05, 0.1) is 5.92 Å². The second-order valence-electron chi connectivity index (χ2n) is 17.7. The van der Waals surface area contributed by atoms with Gasteiger partial charge in [-0.3, -0.25) is 0 Å². The largest absolute Gasteiger partial charge is 0.508 e. The Hall–Kier alpha value is -8.90. The molecule has 11 N–H and O–H groups in total. The van der Waals surface area contributed by atoms with Crippen molar-refractivity contribution in [2.24, 2.45) is 0 Å². The molecule has 6 atom stereocenters. The third-order valence-corrected chi connectivity index (χ3v) is 13.7. The standard InChI is InChI=1S/C56H42O12/c57-31-8-2-27(3-9-31)48-39(40-20-36(62)23-45(66)52(40)50(48)30-17-34(60)19-35(61)18-30)15-26-1-14-44(65)41(16-26)51-42-22-38(64)25-47-54(42)55(56(68-47)29-6-12-33(59)13-7-29)43-21-37(63)24-46(67)53(43)49(51)28-4-10-32(58)11-5-28/h1-25,48-51,55-67H/b39-15+/t48-,49+,50+,51-,55+,56+/m0/s1. The van der Waals surface area contributed by atoms with Crippen molar-refractivity contribution in [2.45, 2.75) is 35.7 Å². The molecule has 0 fully saturated rings. The summed E-state index contributed by atoms with van der Waals surface area (Å²) in [5.41, 5.74) is 6.84. The van der Waals surface area contributed by atoms with Crippen molar-refractivity contribution in [2.75, 3.05) is 0 Å². The van der Waals surface area contributed by atoms with E-state index in [-0.39, 0.29) is 63.2 Å². The van der Waals surface area contributed by atoms with Crippen LogP contribution in [0, 0.1) is 0 Å². The molecule has 12 nitrogen and oxygen atoms in total. The molecule has 8 aromatic carbocycles. The fourth-order valence-corrected chi connectivity index (χ4v) is 11.1. The Morgan fingerprint density at radius 2 is 0.824 bits per heavy atom. The number of ether oxygens (including phenoxy) is 1. The van der Waals surface area contributed by atoms with Gasteiger partial charge in [0.2, 0.25) is 0 Å². The van der Waals surface area contributed by atoms with Gasteiger partial charge in [-0.15, -0.1) is 0 Å². The lowest BCUT2D eigenvalue weighted by Crippen LogP contribution is -2.16. The van der Waals surface area contributed by atoms with Crippen LogP contribution < -0.4 is 4.74 Å². The molecule has 0 aromatic heterocycles. The molecule has 0 radical (unpaired) electrons. The van der Waals surface area contributed by atoms with Crippen LogP contribution in [0.25, 0.3) is 11.6 Å². The van der Waals surface area contributed by atoms with Crippen molar-refractivity contribution >= 4 is 11.6 Å². The minimum absolute atomic E-state index is 0.0120. The van der Waals surface area contributed by atoms with E-state index in [1.54, 1.807) is 60.7 Å². The van der Waals surface area contributed by atoms with E-state index in [0.29, 0.717) is 78.1 Å². The minimum Gasteiger partial charge on any atom is -0.508 e. The summed E-state index contributed by atoms with van der Waals surface area (Å²) in [6.45, 7) is 0. The molecule has 0 saturated heterocycles. The Bertz CT molecular complexity index is 3340. The summed E-state index contributed by atoms with van der Waals surface area (Å²) in [6, 6.07) is 37.4. The first-order valence-electron chi connectivity index (χ1n) is 21.8. The molecule has 2 aliphatic carbocycles. The van der Waals surface area contributed by atoms with Gasteiger partial charge in [-0.1, -0.05) is 48.5 Å². The molecular weight excluding hydrogens is 865 g/mol. The fourth-order valence-electron chi connectivity index (χ4n) is 11.1. The average molecular weight is 907 g/mol. The number of aromatic hydroxyl groups is 11. The van der Waals surface area contributed by atoms with Crippen molar-refractivity contribution in [3.8, 4) is 69.0 Å². The van der Waals surface area contributed by atoms with Crippen molar-refractivity contribution < 1.29 is 60.9 Å².